The van der Waals surface area contributed by atoms with Gasteiger partial charge in [0.05, 0.1) is 40.1 Å². The van der Waals surface area contributed by atoms with Gasteiger partial charge in [0.25, 0.3) is 10.0 Å². The van der Waals surface area contributed by atoms with E-state index in [1.165, 1.54) is 28.6 Å². The number of benzene rings is 1. The zero-order valence-corrected chi connectivity index (χ0v) is 18.5. The van der Waals surface area contributed by atoms with E-state index < -0.39 is 20.0 Å². The van der Waals surface area contributed by atoms with Gasteiger partial charge in [0, 0.05) is 19.1 Å². The van der Waals surface area contributed by atoms with Gasteiger partial charge in [-0.05, 0) is 52.0 Å². The molecule has 1 N–H and O–H groups in total. The van der Waals surface area contributed by atoms with Crippen molar-refractivity contribution in [1.29, 1.82) is 0 Å². The molecule has 1 aromatic heterocycles. The molecule has 0 atom stereocenters. The number of hydrogen-bond acceptors (Lipinski definition) is 6. The molecule has 0 spiro atoms. The van der Waals surface area contributed by atoms with Crippen LogP contribution in [0.4, 0.5) is 5.69 Å². The third-order valence-electron chi connectivity index (χ3n) is 4.79. The predicted molar refractivity (Wildman–Crippen MR) is 109 cm³/mol. The maximum absolute atomic E-state index is 12.8. The number of hydrogen-bond donors (Lipinski definition) is 1. The summed E-state index contributed by atoms with van der Waals surface area (Å²) in [5, 5.41) is 4.38. The van der Waals surface area contributed by atoms with Gasteiger partial charge in [-0.1, -0.05) is 0 Å². The fourth-order valence-electron chi connectivity index (χ4n) is 3.23. The predicted octanol–water partition coefficient (Wildman–Crippen LogP) is 1.90. The van der Waals surface area contributed by atoms with E-state index in [0.29, 0.717) is 30.3 Å². The van der Waals surface area contributed by atoms with Crippen LogP contribution < -0.4 is 4.72 Å². The average Bonchev–Trinajstić information content (AvgIpc) is 2.97. The number of sulfonamides is 2. The van der Waals surface area contributed by atoms with Crippen molar-refractivity contribution in [3.8, 4) is 0 Å². The second-order valence-electron chi connectivity index (χ2n) is 7.18. The summed E-state index contributed by atoms with van der Waals surface area (Å²) < 4.78 is 61.9. The summed E-state index contributed by atoms with van der Waals surface area (Å²) in [6.07, 6.45) is 0. The highest BCUT2D eigenvalue weighted by molar-refractivity contribution is 7.92. The first-order valence-corrected chi connectivity index (χ1v) is 12.2. The highest BCUT2D eigenvalue weighted by Gasteiger charge is 2.27. The smallest absolute Gasteiger partial charge is 0.262 e. The van der Waals surface area contributed by atoms with Crippen LogP contribution in [0.15, 0.2) is 34.1 Å². The quantitative estimate of drug-likeness (QED) is 0.732. The molecule has 1 aliphatic rings. The Hall–Kier alpha value is -1.95. The molecule has 1 aliphatic heterocycles. The van der Waals surface area contributed by atoms with Crippen molar-refractivity contribution < 1.29 is 21.6 Å². The van der Waals surface area contributed by atoms with Gasteiger partial charge >= 0.3 is 0 Å². The third kappa shape index (κ3) is 4.32. The SMILES string of the molecule is Cc1nn(C(C)C)c(C)c1NS(=O)(=O)c1ccc(S(=O)(=O)N2CCOCC2)cc1. The summed E-state index contributed by atoms with van der Waals surface area (Å²) in [6, 6.07) is 5.32. The maximum Gasteiger partial charge on any atom is 0.262 e. The Bertz CT molecular complexity index is 1080. The molecular formula is C18H26N4O5S2. The van der Waals surface area contributed by atoms with Crippen LogP contribution in [0.2, 0.25) is 0 Å². The van der Waals surface area contributed by atoms with Crippen LogP contribution in [0.3, 0.4) is 0 Å². The summed E-state index contributed by atoms with van der Waals surface area (Å²) >= 11 is 0. The van der Waals surface area contributed by atoms with Crippen LogP contribution in [-0.2, 0) is 24.8 Å². The van der Waals surface area contributed by atoms with Gasteiger partial charge in [0.15, 0.2) is 0 Å². The van der Waals surface area contributed by atoms with Gasteiger partial charge < -0.3 is 4.74 Å². The summed E-state index contributed by atoms with van der Waals surface area (Å²) in [5.74, 6) is 0. The van der Waals surface area contributed by atoms with Crippen molar-refractivity contribution in [3.05, 3.63) is 35.7 Å². The van der Waals surface area contributed by atoms with Gasteiger partial charge in [-0.3, -0.25) is 9.40 Å². The van der Waals surface area contributed by atoms with E-state index in [4.69, 9.17) is 4.74 Å². The van der Waals surface area contributed by atoms with E-state index in [2.05, 4.69) is 9.82 Å². The molecule has 2 aromatic rings. The molecule has 11 heteroatoms. The average molecular weight is 443 g/mol. The molecular weight excluding hydrogens is 416 g/mol. The van der Waals surface area contributed by atoms with Crippen LogP contribution in [0.1, 0.15) is 31.3 Å². The molecule has 0 aliphatic carbocycles. The lowest BCUT2D eigenvalue weighted by Crippen LogP contribution is -2.40. The number of nitrogens with zero attached hydrogens (tertiary/aromatic N) is 3. The number of aryl methyl sites for hydroxylation is 1. The molecule has 1 fully saturated rings. The summed E-state index contributed by atoms with van der Waals surface area (Å²) in [7, 11) is -7.57. The van der Waals surface area contributed by atoms with Crippen LogP contribution >= 0.6 is 0 Å². The minimum absolute atomic E-state index is 0.0190. The molecule has 0 bridgehead atoms. The first-order valence-electron chi connectivity index (χ1n) is 9.30. The Morgan fingerprint density at radius 3 is 2.07 bits per heavy atom. The minimum Gasteiger partial charge on any atom is -0.379 e. The summed E-state index contributed by atoms with van der Waals surface area (Å²) in [5.41, 5.74) is 1.72. The van der Waals surface area contributed by atoms with Gasteiger partial charge in [0.2, 0.25) is 10.0 Å². The van der Waals surface area contributed by atoms with Gasteiger partial charge in [-0.25, -0.2) is 16.8 Å². The third-order valence-corrected chi connectivity index (χ3v) is 8.07. The lowest BCUT2D eigenvalue weighted by molar-refractivity contribution is 0.0730. The van der Waals surface area contributed by atoms with Crippen LogP contribution in [0.25, 0.3) is 0 Å². The molecule has 0 unspecified atom stereocenters. The van der Waals surface area contributed by atoms with E-state index >= 15 is 0 Å². The van der Waals surface area contributed by atoms with Crippen LogP contribution in [0, 0.1) is 13.8 Å². The Kier molecular flexibility index (Phi) is 6.04. The Balaban J connectivity index is 1.86. The molecule has 160 valence electrons. The van der Waals surface area contributed by atoms with E-state index in [1.807, 2.05) is 13.8 Å². The van der Waals surface area contributed by atoms with E-state index in [-0.39, 0.29) is 28.9 Å². The van der Waals surface area contributed by atoms with Gasteiger partial charge in [0.1, 0.15) is 0 Å². The first kappa shape index (κ1) is 21.8. The standard InChI is InChI=1S/C18H26N4O5S2/c1-13(2)22-15(4)18(14(3)19-22)20-28(23,24)16-5-7-17(8-6-16)29(25,26)21-9-11-27-12-10-21/h5-8,13,20H,9-12H2,1-4H3. The number of anilines is 1. The molecule has 0 radical (unpaired) electrons. The Morgan fingerprint density at radius 1 is 1.00 bits per heavy atom. The van der Waals surface area contributed by atoms with E-state index in [9.17, 15) is 16.8 Å². The fraction of sp³-hybridized carbons (Fsp3) is 0.500. The fourth-order valence-corrected chi connectivity index (χ4v) is 5.82. The molecule has 0 saturated carbocycles. The summed E-state index contributed by atoms with van der Waals surface area (Å²) in [6.45, 7) is 8.72. The number of rotatable bonds is 6. The molecule has 1 aromatic carbocycles. The lowest BCUT2D eigenvalue weighted by Gasteiger charge is -2.26. The van der Waals surface area contributed by atoms with Crippen LogP contribution in [0.5, 0.6) is 0 Å². The highest BCUT2D eigenvalue weighted by atomic mass is 32.2. The molecule has 29 heavy (non-hydrogen) atoms. The zero-order valence-electron chi connectivity index (χ0n) is 16.9. The maximum atomic E-state index is 12.8. The molecule has 0 amide bonds. The van der Waals surface area contributed by atoms with Crippen molar-refractivity contribution in [3.63, 3.8) is 0 Å². The molecule has 9 nitrogen and oxygen atoms in total. The monoisotopic (exact) mass is 442 g/mol. The summed E-state index contributed by atoms with van der Waals surface area (Å²) in [4.78, 5) is 0.0351. The van der Waals surface area contributed by atoms with Gasteiger partial charge in [-0.15, -0.1) is 0 Å². The number of aromatic nitrogens is 2. The van der Waals surface area contributed by atoms with Crippen molar-refractivity contribution in [2.45, 2.75) is 43.5 Å². The number of ether oxygens (including phenoxy) is 1. The Morgan fingerprint density at radius 2 is 1.55 bits per heavy atom. The highest BCUT2D eigenvalue weighted by Crippen LogP contribution is 2.26. The number of morpholine rings is 1. The first-order chi connectivity index (χ1) is 13.5. The van der Waals surface area contributed by atoms with Crippen molar-refractivity contribution in [2.24, 2.45) is 0 Å². The van der Waals surface area contributed by atoms with E-state index in [0.717, 1.165) is 0 Å². The minimum atomic E-state index is -3.89. The van der Waals surface area contributed by atoms with Crippen LogP contribution in [-0.4, -0.2) is 57.2 Å². The van der Waals surface area contributed by atoms with Crippen molar-refractivity contribution in [2.75, 3.05) is 31.0 Å². The van der Waals surface area contributed by atoms with Crippen molar-refractivity contribution >= 4 is 25.7 Å². The molecule has 1 saturated heterocycles. The molecule has 2 heterocycles. The second-order valence-corrected chi connectivity index (χ2v) is 10.8. The topological polar surface area (TPSA) is 111 Å². The van der Waals surface area contributed by atoms with Gasteiger partial charge in [-0.2, -0.15) is 9.40 Å². The largest absolute Gasteiger partial charge is 0.379 e. The van der Waals surface area contributed by atoms with Crippen molar-refractivity contribution in [1.82, 2.24) is 14.1 Å². The normalized spacial score (nSPS) is 16.3. The Labute approximate surface area is 171 Å². The molecule has 3 rings (SSSR count). The number of nitrogens with one attached hydrogen (secondary N) is 1. The van der Waals surface area contributed by atoms with E-state index in [1.54, 1.807) is 18.5 Å². The second kappa shape index (κ2) is 8.05. The lowest BCUT2D eigenvalue weighted by atomic mass is 10.3. The zero-order chi connectivity index (χ0) is 21.4.